The monoisotopic (exact) mass is 390 g/mol. The predicted molar refractivity (Wildman–Crippen MR) is 107 cm³/mol. The fourth-order valence-corrected chi connectivity index (χ4v) is 3.75. The van der Waals surface area contributed by atoms with Gasteiger partial charge in [0.25, 0.3) is 5.24 Å². The van der Waals surface area contributed by atoms with Crippen molar-refractivity contribution < 1.29 is 9.53 Å². The number of halogens is 1. The fraction of sp³-hybridized carbons (Fsp3) is 0.350. The Kier molecular flexibility index (Phi) is 6.59. The van der Waals surface area contributed by atoms with Crippen LogP contribution in [0.3, 0.4) is 0 Å². The van der Waals surface area contributed by atoms with E-state index in [0.717, 1.165) is 35.1 Å². The molecule has 1 atom stereocenters. The Balaban J connectivity index is 1.63. The first-order chi connectivity index (χ1) is 12.5. The number of benzene rings is 2. The molecule has 2 aromatic rings. The van der Waals surface area contributed by atoms with Gasteiger partial charge in [0, 0.05) is 43.6 Å². The summed E-state index contributed by atoms with van der Waals surface area (Å²) >= 11 is 7.23. The molecule has 1 aliphatic rings. The highest BCUT2D eigenvalue weighted by atomic mass is 35.5. The Bertz CT molecular complexity index is 752. The maximum absolute atomic E-state index is 11.9. The van der Waals surface area contributed by atoms with Crippen molar-refractivity contribution in [2.24, 2.45) is 0 Å². The molecule has 1 amide bonds. The number of ether oxygens (including phenoxy) is 1. The summed E-state index contributed by atoms with van der Waals surface area (Å²) in [6.45, 7) is 3.30. The van der Waals surface area contributed by atoms with Crippen molar-refractivity contribution in [1.82, 2.24) is 9.80 Å². The van der Waals surface area contributed by atoms with E-state index in [1.165, 1.54) is 17.3 Å². The standard InChI is InChI=1S/C20H23ClN2O2S/c1-22(2)20(24)26-18-5-3-4-15(12-18)13-23-10-11-25-19(14-23)16-6-8-17(21)9-7-16/h3-9,12,19H,10-11,13-14H2,1-2H3/t19-/m0/s1. The quantitative estimate of drug-likeness (QED) is 0.709. The Hall–Kier alpha value is -1.53. The van der Waals surface area contributed by atoms with Crippen LogP contribution in [0.4, 0.5) is 4.79 Å². The minimum Gasteiger partial charge on any atom is -0.371 e. The molecule has 4 nitrogen and oxygen atoms in total. The first-order valence-corrected chi connectivity index (χ1v) is 9.78. The van der Waals surface area contributed by atoms with Crippen molar-refractivity contribution in [3.63, 3.8) is 0 Å². The molecule has 1 saturated heterocycles. The molecule has 0 N–H and O–H groups in total. The maximum Gasteiger partial charge on any atom is 0.285 e. The van der Waals surface area contributed by atoms with E-state index >= 15 is 0 Å². The van der Waals surface area contributed by atoms with Crippen LogP contribution in [-0.2, 0) is 11.3 Å². The Labute approximate surface area is 164 Å². The van der Waals surface area contributed by atoms with Crippen molar-refractivity contribution in [2.75, 3.05) is 33.8 Å². The third-order valence-electron chi connectivity index (χ3n) is 4.27. The number of rotatable bonds is 4. The molecule has 1 fully saturated rings. The van der Waals surface area contributed by atoms with E-state index in [1.54, 1.807) is 19.0 Å². The van der Waals surface area contributed by atoms with Crippen LogP contribution in [0.25, 0.3) is 0 Å². The van der Waals surface area contributed by atoms with Crippen LogP contribution >= 0.6 is 23.4 Å². The second-order valence-corrected chi connectivity index (χ2v) is 8.02. The van der Waals surface area contributed by atoms with Crippen molar-refractivity contribution in [2.45, 2.75) is 17.5 Å². The van der Waals surface area contributed by atoms with Crippen molar-refractivity contribution in [1.29, 1.82) is 0 Å². The highest BCUT2D eigenvalue weighted by Gasteiger charge is 2.22. The summed E-state index contributed by atoms with van der Waals surface area (Å²) in [6, 6.07) is 16.1. The molecular formula is C20H23ClN2O2S. The number of nitrogens with zero attached hydrogens (tertiary/aromatic N) is 2. The highest BCUT2D eigenvalue weighted by molar-refractivity contribution is 8.13. The van der Waals surface area contributed by atoms with Gasteiger partial charge in [0.2, 0.25) is 0 Å². The highest BCUT2D eigenvalue weighted by Crippen LogP contribution is 2.26. The molecule has 6 heteroatoms. The topological polar surface area (TPSA) is 32.8 Å². The smallest absolute Gasteiger partial charge is 0.285 e. The van der Waals surface area contributed by atoms with Gasteiger partial charge in [-0.25, -0.2) is 0 Å². The predicted octanol–water partition coefficient (Wildman–Crippen LogP) is 4.69. The van der Waals surface area contributed by atoms with Crippen LogP contribution in [0.2, 0.25) is 5.02 Å². The Morgan fingerprint density at radius 3 is 2.77 bits per heavy atom. The normalized spacial score (nSPS) is 17.9. The third kappa shape index (κ3) is 5.24. The summed E-state index contributed by atoms with van der Waals surface area (Å²) in [4.78, 5) is 16.8. The third-order valence-corrected chi connectivity index (χ3v) is 5.55. The Morgan fingerprint density at radius 1 is 1.27 bits per heavy atom. The summed E-state index contributed by atoms with van der Waals surface area (Å²) in [5.74, 6) is 0. The summed E-state index contributed by atoms with van der Waals surface area (Å²) < 4.78 is 5.94. The van der Waals surface area contributed by atoms with Crippen LogP contribution in [0.1, 0.15) is 17.2 Å². The summed E-state index contributed by atoms with van der Waals surface area (Å²) in [7, 11) is 3.54. The maximum atomic E-state index is 11.9. The van der Waals surface area contributed by atoms with Crippen molar-refractivity contribution in [3.8, 4) is 0 Å². The fourth-order valence-electron chi connectivity index (χ4n) is 2.88. The van der Waals surface area contributed by atoms with Gasteiger partial charge in [0.1, 0.15) is 0 Å². The number of morpholine rings is 1. The van der Waals surface area contributed by atoms with Gasteiger partial charge in [-0.3, -0.25) is 9.69 Å². The minimum atomic E-state index is 0.0383. The minimum absolute atomic E-state index is 0.0383. The second kappa shape index (κ2) is 8.91. The van der Waals surface area contributed by atoms with E-state index in [2.05, 4.69) is 17.0 Å². The van der Waals surface area contributed by atoms with E-state index in [1.807, 2.05) is 36.4 Å². The number of carbonyl (C=O) groups excluding carboxylic acids is 1. The summed E-state index contributed by atoms with van der Waals surface area (Å²) in [5.41, 5.74) is 2.36. The molecule has 1 aliphatic heterocycles. The van der Waals surface area contributed by atoms with E-state index < -0.39 is 0 Å². The zero-order valence-electron chi connectivity index (χ0n) is 15.0. The molecule has 138 valence electrons. The number of carbonyl (C=O) groups is 1. The molecule has 2 aromatic carbocycles. The van der Waals surface area contributed by atoms with Gasteiger partial charge in [-0.2, -0.15) is 0 Å². The average Bonchev–Trinajstić information content (AvgIpc) is 2.63. The van der Waals surface area contributed by atoms with Crippen LogP contribution in [0.5, 0.6) is 0 Å². The van der Waals surface area contributed by atoms with E-state index in [4.69, 9.17) is 16.3 Å². The first kappa shape index (κ1) is 19.2. The lowest BCUT2D eigenvalue weighted by atomic mass is 10.1. The van der Waals surface area contributed by atoms with E-state index in [9.17, 15) is 4.79 Å². The molecular weight excluding hydrogens is 368 g/mol. The summed E-state index contributed by atoms with van der Waals surface area (Å²) in [5, 5.41) is 0.777. The molecule has 3 rings (SSSR count). The van der Waals surface area contributed by atoms with Gasteiger partial charge in [-0.05, 0) is 47.2 Å². The van der Waals surface area contributed by atoms with Gasteiger partial charge >= 0.3 is 0 Å². The van der Waals surface area contributed by atoms with Crippen molar-refractivity contribution in [3.05, 3.63) is 64.7 Å². The van der Waals surface area contributed by atoms with E-state index in [-0.39, 0.29) is 11.3 Å². The van der Waals surface area contributed by atoms with Gasteiger partial charge in [0.05, 0.1) is 12.7 Å². The molecule has 0 bridgehead atoms. The molecule has 0 aromatic heterocycles. The van der Waals surface area contributed by atoms with Crippen LogP contribution < -0.4 is 0 Å². The molecule has 0 saturated carbocycles. The second-order valence-electron chi connectivity index (χ2n) is 6.56. The zero-order chi connectivity index (χ0) is 18.5. The number of hydrogen-bond acceptors (Lipinski definition) is 4. The summed E-state index contributed by atoms with van der Waals surface area (Å²) in [6.07, 6.45) is 0.0638. The number of hydrogen-bond donors (Lipinski definition) is 0. The van der Waals surface area contributed by atoms with Gasteiger partial charge in [-0.1, -0.05) is 35.9 Å². The molecule has 26 heavy (non-hydrogen) atoms. The SMILES string of the molecule is CN(C)C(=O)Sc1cccc(CN2CCO[C@H](c3ccc(Cl)cc3)C2)c1. The van der Waals surface area contributed by atoms with Gasteiger partial charge in [-0.15, -0.1) is 0 Å². The number of thioether (sulfide) groups is 1. The Morgan fingerprint density at radius 2 is 2.04 bits per heavy atom. The van der Waals surface area contributed by atoms with Crippen LogP contribution in [0.15, 0.2) is 53.4 Å². The molecule has 0 unspecified atom stereocenters. The molecule has 1 heterocycles. The van der Waals surface area contributed by atoms with E-state index in [0.29, 0.717) is 6.61 Å². The van der Waals surface area contributed by atoms with Crippen LogP contribution in [-0.4, -0.2) is 48.8 Å². The largest absolute Gasteiger partial charge is 0.371 e. The molecule has 0 radical (unpaired) electrons. The lowest BCUT2D eigenvalue weighted by molar-refractivity contribution is -0.0329. The molecule has 0 spiro atoms. The lowest BCUT2D eigenvalue weighted by Crippen LogP contribution is -2.37. The molecule has 0 aliphatic carbocycles. The average molecular weight is 391 g/mol. The van der Waals surface area contributed by atoms with Gasteiger partial charge < -0.3 is 9.64 Å². The lowest BCUT2D eigenvalue weighted by Gasteiger charge is -2.33. The van der Waals surface area contributed by atoms with Gasteiger partial charge in [0.15, 0.2) is 0 Å². The van der Waals surface area contributed by atoms with Crippen molar-refractivity contribution >= 4 is 28.6 Å². The zero-order valence-corrected chi connectivity index (χ0v) is 16.6. The number of amides is 1. The van der Waals surface area contributed by atoms with Crippen LogP contribution in [0, 0.1) is 0 Å². The first-order valence-electron chi connectivity index (χ1n) is 8.59.